The van der Waals surface area contributed by atoms with Gasteiger partial charge in [-0.05, 0) is 55.4 Å². The Hall–Kier alpha value is -3.08. The summed E-state index contributed by atoms with van der Waals surface area (Å²) in [6, 6.07) is 17.1. The molecule has 1 fully saturated rings. The van der Waals surface area contributed by atoms with Crippen LogP contribution in [-0.2, 0) is 9.59 Å². The molecule has 4 rings (SSSR count). The minimum Gasteiger partial charge on any atom is -0.449 e. The van der Waals surface area contributed by atoms with Crippen LogP contribution in [0.15, 0.2) is 60.4 Å². The van der Waals surface area contributed by atoms with Gasteiger partial charge in [-0.15, -0.1) is 0 Å². The third kappa shape index (κ3) is 4.50. The van der Waals surface area contributed by atoms with Crippen LogP contribution in [0, 0.1) is 5.92 Å². The van der Waals surface area contributed by atoms with Crippen LogP contribution < -0.4 is 15.0 Å². The molecule has 1 N–H and O–H groups in total. The molecule has 0 unspecified atom stereocenters. The highest BCUT2D eigenvalue weighted by molar-refractivity contribution is 6.12. The maximum atomic E-state index is 13.1. The molecule has 0 bridgehead atoms. The van der Waals surface area contributed by atoms with Crippen molar-refractivity contribution in [3.05, 3.63) is 65.9 Å². The highest BCUT2D eigenvalue weighted by atomic mass is 16.5. The van der Waals surface area contributed by atoms with Crippen molar-refractivity contribution in [2.45, 2.75) is 38.6 Å². The van der Waals surface area contributed by atoms with E-state index < -0.39 is 0 Å². The summed E-state index contributed by atoms with van der Waals surface area (Å²) in [6.45, 7) is 2.24. The molecule has 5 heteroatoms. The van der Waals surface area contributed by atoms with Crippen molar-refractivity contribution in [3.63, 3.8) is 0 Å². The third-order valence-electron chi connectivity index (χ3n) is 5.61. The molecule has 2 amide bonds. The summed E-state index contributed by atoms with van der Waals surface area (Å²) in [5.41, 5.74) is 1.49. The molecule has 5 nitrogen and oxygen atoms in total. The summed E-state index contributed by atoms with van der Waals surface area (Å²) in [5, 5.41) is 3.11. The minimum atomic E-state index is -0.306. The first-order chi connectivity index (χ1) is 14.1. The van der Waals surface area contributed by atoms with Crippen molar-refractivity contribution in [3.8, 4) is 5.75 Å². The second-order valence-corrected chi connectivity index (χ2v) is 7.90. The largest absolute Gasteiger partial charge is 0.449 e. The Morgan fingerprint density at radius 3 is 2.52 bits per heavy atom. The van der Waals surface area contributed by atoms with Crippen LogP contribution in [0.3, 0.4) is 0 Å². The van der Waals surface area contributed by atoms with Crippen molar-refractivity contribution in [1.29, 1.82) is 0 Å². The fourth-order valence-electron chi connectivity index (χ4n) is 3.94. The highest BCUT2D eigenvalue weighted by Gasteiger charge is 2.32. The van der Waals surface area contributed by atoms with Crippen LogP contribution in [0.5, 0.6) is 5.75 Å². The number of amides is 2. The van der Waals surface area contributed by atoms with E-state index in [1.54, 1.807) is 6.08 Å². The number of anilines is 1. The van der Waals surface area contributed by atoms with Gasteiger partial charge in [-0.25, -0.2) is 0 Å². The first kappa shape index (κ1) is 19.2. The molecule has 1 heterocycles. The number of nitrogens with one attached hydrogen (secondary N) is 1. The molecule has 0 saturated heterocycles. The van der Waals surface area contributed by atoms with E-state index in [4.69, 9.17) is 4.74 Å². The van der Waals surface area contributed by atoms with Crippen molar-refractivity contribution in [1.82, 2.24) is 5.32 Å². The van der Waals surface area contributed by atoms with Gasteiger partial charge in [0.25, 0.3) is 5.91 Å². The highest BCUT2D eigenvalue weighted by Crippen LogP contribution is 2.35. The molecule has 1 saturated carbocycles. The van der Waals surface area contributed by atoms with E-state index in [0.717, 1.165) is 37.2 Å². The molecule has 2 aromatic carbocycles. The minimum absolute atomic E-state index is 0.0165. The van der Waals surface area contributed by atoms with Crippen LogP contribution in [-0.4, -0.2) is 24.4 Å². The number of carbonyl (C=O) groups is 2. The van der Waals surface area contributed by atoms with Crippen LogP contribution in [0.2, 0.25) is 0 Å². The van der Waals surface area contributed by atoms with E-state index in [0.29, 0.717) is 11.4 Å². The van der Waals surface area contributed by atoms with E-state index in [1.165, 1.54) is 4.90 Å². The first-order valence-electron chi connectivity index (χ1n) is 10.2. The number of benzene rings is 2. The number of nitrogens with zero attached hydrogens (tertiary/aromatic N) is 1. The molecule has 29 heavy (non-hydrogen) atoms. The Balaban J connectivity index is 1.53. The monoisotopic (exact) mass is 390 g/mol. The number of fused-ring (bicyclic) bond motifs is 1. The average Bonchev–Trinajstić information content (AvgIpc) is 2.73. The number of ether oxygens (including phenoxy) is 1. The predicted molar refractivity (Wildman–Crippen MR) is 113 cm³/mol. The zero-order chi connectivity index (χ0) is 20.2. The van der Waals surface area contributed by atoms with E-state index in [-0.39, 0.29) is 30.2 Å². The molecule has 150 valence electrons. The van der Waals surface area contributed by atoms with Gasteiger partial charge < -0.3 is 10.1 Å². The Morgan fingerprint density at radius 1 is 1.07 bits per heavy atom. The normalized spacial score (nSPS) is 22.7. The molecule has 0 aromatic heterocycles. The van der Waals surface area contributed by atoms with Crippen LogP contribution in [0.1, 0.15) is 38.2 Å². The van der Waals surface area contributed by atoms with Crippen molar-refractivity contribution in [2.24, 2.45) is 5.92 Å². The summed E-state index contributed by atoms with van der Waals surface area (Å²) < 4.78 is 5.86. The number of hydrogen-bond acceptors (Lipinski definition) is 3. The molecular weight excluding hydrogens is 364 g/mol. The molecule has 2 aromatic rings. The van der Waals surface area contributed by atoms with Gasteiger partial charge >= 0.3 is 0 Å². The summed E-state index contributed by atoms with van der Waals surface area (Å²) >= 11 is 0. The predicted octanol–water partition coefficient (Wildman–Crippen LogP) is 4.15. The van der Waals surface area contributed by atoms with E-state index in [2.05, 4.69) is 12.2 Å². The lowest BCUT2D eigenvalue weighted by Gasteiger charge is -2.31. The SMILES string of the molecule is CC1CCC(NC(=O)CN2C(=O)/C(=C\c3ccccc3)Oc3ccccc32)CC1. The molecule has 2 aliphatic rings. The summed E-state index contributed by atoms with van der Waals surface area (Å²) in [6.07, 6.45) is 5.98. The smallest absolute Gasteiger partial charge is 0.294 e. The molecule has 1 aliphatic heterocycles. The Morgan fingerprint density at radius 2 is 1.76 bits per heavy atom. The topological polar surface area (TPSA) is 58.6 Å². The van der Waals surface area contributed by atoms with Gasteiger partial charge in [-0.1, -0.05) is 49.4 Å². The van der Waals surface area contributed by atoms with Crippen molar-refractivity contribution >= 4 is 23.6 Å². The summed E-state index contributed by atoms with van der Waals surface area (Å²) in [7, 11) is 0. The van der Waals surface area contributed by atoms with Crippen LogP contribution in [0.25, 0.3) is 6.08 Å². The second-order valence-electron chi connectivity index (χ2n) is 7.90. The summed E-state index contributed by atoms with van der Waals surface area (Å²) in [5.74, 6) is 1.08. The van der Waals surface area contributed by atoms with E-state index >= 15 is 0 Å². The number of hydrogen-bond donors (Lipinski definition) is 1. The van der Waals surface area contributed by atoms with Gasteiger partial charge in [0, 0.05) is 6.04 Å². The van der Waals surface area contributed by atoms with Crippen LogP contribution in [0.4, 0.5) is 5.69 Å². The Labute approximate surface area is 171 Å². The maximum absolute atomic E-state index is 13.1. The van der Waals surface area contributed by atoms with Gasteiger partial charge in [0.1, 0.15) is 6.54 Å². The van der Waals surface area contributed by atoms with Gasteiger partial charge in [0.05, 0.1) is 5.69 Å². The molecule has 0 spiro atoms. The zero-order valence-electron chi connectivity index (χ0n) is 16.6. The van der Waals surface area contributed by atoms with Crippen molar-refractivity contribution < 1.29 is 14.3 Å². The first-order valence-corrected chi connectivity index (χ1v) is 10.2. The lowest BCUT2D eigenvalue weighted by Crippen LogP contribution is -2.47. The van der Waals surface area contributed by atoms with Gasteiger partial charge in [-0.2, -0.15) is 0 Å². The third-order valence-corrected chi connectivity index (χ3v) is 5.61. The Kier molecular flexibility index (Phi) is 5.65. The molecule has 0 atom stereocenters. The number of para-hydroxylation sites is 2. The maximum Gasteiger partial charge on any atom is 0.294 e. The lowest BCUT2D eigenvalue weighted by atomic mass is 9.87. The summed E-state index contributed by atoms with van der Waals surface area (Å²) in [4.78, 5) is 27.3. The van der Waals surface area contributed by atoms with E-state index in [1.807, 2.05) is 54.6 Å². The Bertz CT molecular complexity index is 915. The zero-order valence-corrected chi connectivity index (χ0v) is 16.6. The quantitative estimate of drug-likeness (QED) is 0.798. The molecule has 1 aliphatic carbocycles. The van der Waals surface area contributed by atoms with Gasteiger partial charge in [0.2, 0.25) is 5.91 Å². The fourth-order valence-corrected chi connectivity index (χ4v) is 3.94. The van der Waals surface area contributed by atoms with Crippen molar-refractivity contribution in [2.75, 3.05) is 11.4 Å². The number of rotatable bonds is 4. The number of carbonyl (C=O) groups excluding carboxylic acids is 2. The second kappa shape index (κ2) is 8.52. The lowest BCUT2D eigenvalue weighted by molar-refractivity contribution is -0.124. The van der Waals surface area contributed by atoms with Crippen LogP contribution >= 0.6 is 0 Å². The molecule has 0 radical (unpaired) electrons. The van der Waals surface area contributed by atoms with E-state index in [9.17, 15) is 9.59 Å². The van der Waals surface area contributed by atoms with Gasteiger partial charge in [-0.3, -0.25) is 14.5 Å². The average molecular weight is 390 g/mol. The van der Waals surface area contributed by atoms with Gasteiger partial charge in [0.15, 0.2) is 11.5 Å². The molecular formula is C24H26N2O3. The standard InChI is InChI=1S/C24H26N2O3/c1-17-11-13-19(14-12-17)25-23(27)16-26-20-9-5-6-10-21(20)29-22(24(26)28)15-18-7-3-2-4-8-18/h2-10,15,17,19H,11-14,16H2,1H3,(H,25,27)/b22-15+. The fraction of sp³-hybridized carbons (Fsp3) is 0.333.